The molecule has 0 aliphatic heterocycles. The van der Waals surface area contributed by atoms with E-state index in [-0.39, 0.29) is 4.84 Å². The molecule has 12 heavy (non-hydrogen) atoms. The van der Waals surface area contributed by atoms with Gasteiger partial charge in [0.15, 0.2) is 0 Å². The number of hydrogen-bond donors (Lipinski definition) is 1. The van der Waals surface area contributed by atoms with Crippen molar-refractivity contribution < 1.29 is 0 Å². The van der Waals surface area contributed by atoms with Crippen LogP contribution in [0.5, 0.6) is 0 Å². The number of halogens is 2. The summed E-state index contributed by atoms with van der Waals surface area (Å²) in [6.07, 6.45) is 0. The molecule has 0 bridgehead atoms. The van der Waals surface area contributed by atoms with Crippen LogP contribution in [-0.2, 0) is 6.54 Å². The molecular weight excluding hydrogens is 193 g/mol. The SMILES string of the molecule is ClC(Cl)CNCc1ccccc1. The van der Waals surface area contributed by atoms with Gasteiger partial charge >= 0.3 is 0 Å². The summed E-state index contributed by atoms with van der Waals surface area (Å²) in [6, 6.07) is 10.1. The molecule has 0 radical (unpaired) electrons. The van der Waals surface area contributed by atoms with E-state index in [0.717, 1.165) is 6.54 Å². The molecular formula is C9H11Cl2N. The van der Waals surface area contributed by atoms with E-state index in [9.17, 15) is 0 Å². The summed E-state index contributed by atoms with van der Waals surface area (Å²) in [6.45, 7) is 1.44. The zero-order valence-corrected chi connectivity index (χ0v) is 8.15. The summed E-state index contributed by atoms with van der Waals surface area (Å²) < 4.78 is 0. The van der Waals surface area contributed by atoms with Gasteiger partial charge in [0, 0.05) is 13.1 Å². The van der Waals surface area contributed by atoms with Crippen molar-refractivity contribution in [1.82, 2.24) is 5.32 Å². The molecule has 0 heterocycles. The molecule has 3 heteroatoms. The number of hydrogen-bond acceptors (Lipinski definition) is 1. The lowest BCUT2D eigenvalue weighted by Crippen LogP contribution is -2.19. The number of rotatable bonds is 4. The zero-order valence-electron chi connectivity index (χ0n) is 6.63. The van der Waals surface area contributed by atoms with Gasteiger partial charge < -0.3 is 5.32 Å². The molecule has 0 atom stereocenters. The number of nitrogens with one attached hydrogen (secondary N) is 1. The maximum atomic E-state index is 5.55. The predicted octanol–water partition coefficient (Wildman–Crippen LogP) is 2.58. The van der Waals surface area contributed by atoms with Crippen LogP contribution in [0.25, 0.3) is 0 Å². The Kier molecular flexibility index (Phi) is 4.44. The van der Waals surface area contributed by atoms with Gasteiger partial charge in [-0.25, -0.2) is 0 Å². The standard InChI is InChI=1S/C9H11Cl2N/c10-9(11)7-12-6-8-4-2-1-3-5-8/h1-5,9,12H,6-7H2. The van der Waals surface area contributed by atoms with E-state index in [1.54, 1.807) is 0 Å². The number of alkyl halides is 2. The van der Waals surface area contributed by atoms with E-state index >= 15 is 0 Å². The molecule has 0 fully saturated rings. The highest BCUT2D eigenvalue weighted by molar-refractivity contribution is 6.44. The van der Waals surface area contributed by atoms with Crippen molar-refractivity contribution in [2.75, 3.05) is 6.54 Å². The van der Waals surface area contributed by atoms with Crippen LogP contribution in [0.4, 0.5) is 0 Å². The maximum Gasteiger partial charge on any atom is 0.120 e. The minimum absolute atomic E-state index is 0.325. The van der Waals surface area contributed by atoms with Crippen molar-refractivity contribution in [2.45, 2.75) is 11.4 Å². The second kappa shape index (κ2) is 5.41. The van der Waals surface area contributed by atoms with E-state index in [0.29, 0.717) is 6.54 Å². The predicted molar refractivity (Wildman–Crippen MR) is 53.6 cm³/mol. The highest BCUT2D eigenvalue weighted by Crippen LogP contribution is 2.00. The van der Waals surface area contributed by atoms with Crippen LogP contribution in [-0.4, -0.2) is 11.4 Å². The molecule has 0 spiro atoms. The van der Waals surface area contributed by atoms with E-state index in [2.05, 4.69) is 17.4 Å². The Labute approximate surface area is 82.7 Å². The molecule has 0 aliphatic rings. The van der Waals surface area contributed by atoms with E-state index in [1.807, 2.05) is 18.2 Å². The summed E-state index contributed by atoms with van der Waals surface area (Å²) >= 11 is 11.1. The Hall–Kier alpha value is -0.240. The Morgan fingerprint density at radius 1 is 1.17 bits per heavy atom. The van der Waals surface area contributed by atoms with Crippen molar-refractivity contribution in [3.05, 3.63) is 35.9 Å². The summed E-state index contributed by atoms with van der Waals surface area (Å²) in [4.78, 5) is -0.325. The van der Waals surface area contributed by atoms with E-state index in [4.69, 9.17) is 23.2 Å². The van der Waals surface area contributed by atoms with Gasteiger partial charge in [0.05, 0.1) is 0 Å². The average Bonchev–Trinajstić information content (AvgIpc) is 2.05. The molecule has 0 aliphatic carbocycles. The van der Waals surface area contributed by atoms with Crippen molar-refractivity contribution >= 4 is 23.2 Å². The van der Waals surface area contributed by atoms with Crippen LogP contribution < -0.4 is 5.32 Å². The van der Waals surface area contributed by atoms with Gasteiger partial charge in [0.2, 0.25) is 0 Å². The fraction of sp³-hybridized carbons (Fsp3) is 0.333. The molecule has 0 unspecified atom stereocenters. The Bertz CT molecular complexity index is 211. The third-order valence-electron chi connectivity index (χ3n) is 1.47. The third-order valence-corrected chi connectivity index (χ3v) is 1.78. The molecule has 0 aromatic heterocycles. The summed E-state index contributed by atoms with van der Waals surface area (Å²) in [7, 11) is 0. The lowest BCUT2D eigenvalue weighted by Gasteiger charge is -2.04. The topological polar surface area (TPSA) is 12.0 Å². The van der Waals surface area contributed by atoms with Gasteiger partial charge in [-0.05, 0) is 5.56 Å². The summed E-state index contributed by atoms with van der Waals surface area (Å²) in [5, 5.41) is 3.14. The summed E-state index contributed by atoms with van der Waals surface area (Å²) in [5.41, 5.74) is 1.24. The van der Waals surface area contributed by atoms with E-state index < -0.39 is 0 Å². The zero-order chi connectivity index (χ0) is 8.81. The molecule has 1 rings (SSSR count). The van der Waals surface area contributed by atoms with Crippen LogP contribution in [0.2, 0.25) is 0 Å². The van der Waals surface area contributed by atoms with Crippen LogP contribution in [0.3, 0.4) is 0 Å². The van der Waals surface area contributed by atoms with Crippen LogP contribution in [0, 0.1) is 0 Å². The van der Waals surface area contributed by atoms with Crippen LogP contribution in [0.15, 0.2) is 30.3 Å². The van der Waals surface area contributed by atoms with Gasteiger partial charge in [-0.2, -0.15) is 0 Å². The largest absolute Gasteiger partial charge is 0.310 e. The minimum atomic E-state index is -0.325. The second-order valence-corrected chi connectivity index (χ2v) is 3.78. The van der Waals surface area contributed by atoms with Crippen molar-refractivity contribution in [1.29, 1.82) is 0 Å². The van der Waals surface area contributed by atoms with Crippen molar-refractivity contribution in [3.8, 4) is 0 Å². The molecule has 1 aromatic carbocycles. The smallest absolute Gasteiger partial charge is 0.120 e. The molecule has 0 amide bonds. The Morgan fingerprint density at radius 3 is 2.42 bits per heavy atom. The number of benzene rings is 1. The fourth-order valence-electron chi connectivity index (χ4n) is 0.921. The lowest BCUT2D eigenvalue weighted by molar-refractivity contribution is 0.716. The van der Waals surface area contributed by atoms with Crippen molar-refractivity contribution in [2.24, 2.45) is 0 Å². The Morgan fingerprint density at radius 2 is 1.83 bits per heavy atom. The van der Waals surface area contributed by atoms with Crippen molar-refractivity contribution in [3.63, 3.8) is 0 Å². The highest BCUT2D eigenvalue weighted by atomic mass is 35.5. The fourth-order valence-corrected chi connectivity index (χ4v) is 1.14. The minimum Gasteiger partial charge on any atom is -0.310 e. The molecule has 1 aromatic rings. The van der Waals surface area contributed by atoms with Gasteiger partial charge in [-0.1, -0.05) is 30.3 Å². The maximum absolute atomic E-state index is 5.55. The molecule has 1 N–H and O–H groups in total. The first kappa shape index (κ1) is 9.85. The quantitative estimate of drug-likeness (QED) is 0.743. The average molecular weight is 204 g/mol. The summed E-state index contributed by atoms with van der Waals surface area (Å²) in [5.74, 6) is 0. The van der Waals surface area contributed by atoms with Gasteiger partial charge in [0.1, 0.15) is 4.84 Å². The normalized spacial score (nSPS) is 10.6. The lowest BCUT2D eigenvalue weighted by atomic mass is 10.2. The van der Waals surface area contributed by atoms with Crippen LogP contribution in [0.1, 0.15) is 5.56 Å². The van der Waals surface area contributed by atoms with E-state index in [1.165, 1.54) is 5.56 Å². The third kappa shape index (κ3) is 3.96. The molecule has 0 saturated carbocycles. The molecule has 0 saturated heterocycles. The van der Waals surface area contributed by atoms with Gasteiger partial charge in [0.25, 0.3) is 0 Å². The second-order valence-electron chi connectivity index (χ2n) is 2.51. The first-order chi connectivity index (χ1) is 5.79. The van der Waals surface area contributed by atoms with Crippen LogP contribution >= 0.6 is 23.2 Å². The van der Waals surface area contributed by atoms with Gasteiger partial charge in [-0.3, -0.25) is 0 Å². The highest BCUT2D eigenvalue weighted by Gasteiger charge is 1.96. The molecule has 66 valence electrons. The molecule has 1 nitrogen and oxygen atoms in total. The first-order valence-electron chi connectivity index (χ1n) is 3.82. The monoisotopic (exact) mass is 203 g/mol. The Balaban J connectivity index is 2.25. The van der Waals surface area contributed by atoms with Gasteiger partial charge in [-0.15, -0.1) is 23.2 Å². The first-order valence-corrected chi connectivity index (χ1v) is 4.69.